The van der Waals surface area contributed by atoms with E-state index in [4.69, 9.17) is 16.3 Å². The summed E-state index contributed by atoms with van der Waals surface area (Å²) in [5, 5.41) is 13.7. The van der Waals surface area contributed by atoms with Crippen molar-refractivity contribution in [2.75, 3.05) is 13.2 Å². The lowest BCUT2D eigenvalue weighted by Gasteiger charge is -2.10. The van der Waals surface area contributed by atoms with Crippen LogP contribution in [0.1, 0.15) is 28.8 Å². The van der Waals surface area contributed by atoms with E-state index in [1.165, 1.54) is 18.2 Å². The van der Waals surface area contributed by atoms with E-state index in [1.807, 2.05) is 6.92 Å². The summed E-state index contributed by atoms with van der Waals surface area (Å²) in [6, 6.07) is 10.3. The number of aryl methyl sites for hydroxylation is 1. The summed E-state index contributed by atoms with van der Waals surface area (Å²) in [7, 11) is 0. The number of hydrogen-bond donors (Lipinski definition) is 3. The van der Waals surface area contributed by atoms with Gasteiger partial charge in [-0.1, -0.05) is 17.7 Å². The van der Waals surface area contributed by atoms with Gasteiger partial charge in [-0.15, -0.1) is 0 Å². The van der Waals surface area contributed by atoms with Gasteiger partial charge in [-0.3, -0.25) is 35.3 Å². The molecule has 164 valence electrons. The Labute approximate surface area is 183 Å². The van der Waals surface area contributed by atoms with Gasteiger partial charge in [0.15, 0.2) is 0 Å². The largest absolute Gasteiger partial charge is 0.493 e. The minimum Gasteiger partial charge on any atom is -0.493 e. The number of hydrogen-bond acceptors (Lipinski definition) is 6. The number of halogens is 1. The topological polar surface area (TPSA) is 140 Å². The van der Waals surface area contributed by atoms with Crippen LogP contribution in [0.15, 0.2) is 42.5 Å². The Morgan fingerprint density at radius 2 is 1.84 bits per heavy atom. The number of benzene rings is 2. The molecule has 0 atom stereocenters. The summed E-state index contributed by atoms with van der Waals surface area (Å²) < 4.78 is 5.58. The highest BCUT2D eigenvalue weighted by Gasteiger charge is 2.13. The number of amides is 3. The van der Waals surface area contributed by atoms with E-state index in [0.29, 0.717) is 23.8 Å². The van der Waals surface area contributed by atoms with Gasteiger partial charge in [0, 0.05) is 29.1 Å². The summed E-state index contributed by atoms with van der Waals surface area (Å²) in [6.07, 6.45) is 0.542. The van der Waals surface area contributed by atoms with E-state index >= 15 is 0 Å². The molecule has 0 spiro atoms. The molecule has 0 aliphatic heterocycles. The molecular formula is C20H21ClN4O6. The molecule has 2 aromatic rings. The number of nitro benzene ring substituents is 1. The molecule has 3 N–H and O–H groups in total. The molecule has 0 unspecified atom stereocenters. The highest BCUT2D eigenvalue weighted by atomic mass is 35.5. The van der Waals surface area contributed by atoms with Crippen LogP contribution in [0.5, 0.6) is 5.75 Å². The van der Waals surface area contributed by atoms with Crippen LogP contribution in [0, 0.1) is 17.0 Å². The van der Waals surface area contributed by atoms with Gasteiger partial charge in [0.05, 0.1) is 18.1 Å². The third-order valence-electron chi connectivity index (χ3n) is 4.01. The summed E-state index contributed by atoms with van der Waals surface area (Å²) >= 11 is 5.88. The number of hydrazine groups is 1. The molecule has 0 aromatic heterocycles. The Hall–Kier alpha value is -3.66. The number of nitrogens with one attached hydrogen (secondary N) is 3. The fourth-order valence-electron chi connectivity index (χ4n) is 2.46. The van der Waals surface area contributed by atoms with E-state index in [0.717, 1.165) is 11.6 Å². The summed E-state index contributed by atoms with van der Waals surface area (Å²) in [6.45, 7) is 1.76. The molecule has 0 saturated carbocycles. The average molecular weight is 449 g/mol. The number of carbonyl (C=O) groups excluding carboxylic acids is 3. The van der Waals surface area contributed by atoms with Crippen LogP contribution in [0.25, 0.3) is 0 Å². The first-order chi connectivity index (χ1) is 14.8. The summed E-state index contributed by atoms with van der Waals surface area (Å²) in [5.41, 5.74) is 5.10. The maximum atomic E-state index is 12.0. The molecule has 0 bridgehead atoms. The average Bonchev–Trinajstić information content (AvgIpc) is 2.74. The minimum atomic E-state index is -0.653. The van der Waals surface area contributed by atoms with Crippen molar-refractivity contribution in [3.63, 3.8) is 0 Å². The fraction of sp³-hybridized carbons (Fsp3) is 0.250. The molecule has 2 rings (SSSR count). The number of nitrogens with zero attached hydrogens (tertiary/aromatic N) is 1. The quantitative estimate of drug-likeness (QED) is 0.305. The first kappa shape index (κ1) is 23.6. The van der Waals surface area contributed by atoms with Crippen molar-refractivity contribution in [2.24, 2.45) is 0 Å². The van der Waals surface area contributed by atoms with Crippen molar-refractivity contribution in [3.05, 3.63) is 68.7 Å². The smallest absolute Gasteiger partial charge is 0.270 e. The molecule has 0 radical (unpaired) electrons. The van der Waals surface area contributed by atoms with Gasteiger partial charge in [-0.2, -0.15) is 0 Å². The van der Waals surface area contributed by atoms with E-state index in [9.17, 15) is 24.5 Å². The molecule has 2 aromatic carbocycles. The zero-order chi connectivity index (χ0) is 22.8. The minimum absolute atomic E-state index is 0.0435. The van der Waals surface area contributed by atoms with E-state index in [-0.39, 0.29) is 17.7 Å². The van der Waals surface area contributed by atoms with Gasteiger partial charge in [0.25, 0.3) is 17.5 Å². The molecular weight excluding hydrogens is 428 g/mol. The SMILES string of the molecule is Cc1cc(Cl)ccc1OCCCC(=O)NNC(=O)CNC(=O)c1cccc([N+](=O)[O-])c1. The first-order valence-corrected chi connectivity index (χ1v) is 9.63. The van der Waals surface area contributed by atoms with E-state index < -0.39 is 29.2 Å². The van der Waals surface area contributed by atoms with Crippen LogP contribution >= 0.6 is 11.6 Å². The molecule has 31 heavy (non-hydrogen) atoms. The molecule has 0 aliphatic rings. The Morgan fingerprint density at radius 3 is 2.55 bits per heavy atom. The molecule has 0 saturated heterocycles. The van der Waals surface area contributed by atoms with E-state index in [2.05, 4.69) is 16.2 Å². The normalized spacial score (nSPS) is 10.1. The molecule has 0 fully saturated rings. The number of nitro groups is 1. The van der Waals surface area contributed by atoms with Crippen LogP contribution < -0.4 is 20.9 Å². The second-order valence-electron chi connectivity index (χ2n) is 6.45. The maximum absolute atomic E-state index is 12.0. The van der Waals surface area contributed by atoms with Crippen molar-refractivity contribution in [2.45, 2.75) is 19.8 Å². The van der Waals surface area contributed by atoms with Crippen LogP contribution in [-0.2, 0) is 9.59 Å². The highest BCUT2D eigenvalue weighted by Crippen LogP contribution is 2.21. The maximum Gasteiger partial charge on any atom is 0.270 e. The predicted molar refractivity (Wildman–Crippen MR) is 113 cm³/mol. The highest BCUT2D eigenvalue weighted by molar-refractivity contribution is 6.30. The first-order valence-electron chi connectivity index (χ1n) is 9.25. The number of ether oxygens (including phenoxy) is 1. The standard InChI is InChI=1S/C20H21ClN4O6/c1-13-10-15(21)7-8-17(13)31-9-3-6-18(26)23-24-19(27)12-22-20(28)14-4-2-5-16(11-14)25(29)30/h2,4-5,7-8,10-11H,3,6,9,12H2,1H3,(H,22,28)(H,23,26)(H,24,27). The van der Waals surface area contributed by atoms with Crippen LogP contribution in [0.3, 0.4) is 0 Å². The van der Waals surface area contributed by atoms with Crippen molar-refractivity contribution >= 4 is 35.0 Å². The zero-order valence-electron chi connectivity index (χ0n) is 16.6. The Balaban J connectivity index is 1.64. The number of rotatable bonds is 9. The second-order valence-corrected chi connectivity index (χ2v) is 6.88. The number of non-ortho nitro benzene ring substituents is 1. The Bertz CT molecular complexity index is 982. The van der Waals surface area contributed by atoms with Crippen LogP contribution in [-0.4, -0.2) is 35.8 Å². The summed E-state index contributed by atoms with van der Waals surface area (Å²) in [4.78, 5) is 45.6. The van der Waals surface area contributed by atoms with Crippen molar-refractivity contribution in [1.29, 1.82) is 0 Å². The van der Waals surface area contributed by atoms with Gasteiger partial charge in [0.1, 0.15) is 5.75 Å². The third kappa shape index (κ3) is 7.94. The fourth-order valence-corrected chi connectivity index (χ4v) is 2.69. The van der Waals surface area contributed by atoms with Crippen LogP contribution in [0.2, 0.25) is 5.02 Å². The lowest BCUT2D eigenvalue weighted by atomic mass is 10.2. The monoisotopic (exact) mass is 448 g/mol. The predicted octanol–water partition coefficient (Wildman–Crippen LogP) is 2.29. The Kier molecular flexibility index (Phi) is 8.77. The van der Waals surface area contributed by atoms with Crippen molar-refractivity contribution < 1.29 is 24.0 Å². The Morgan fingerprint density at radius 1 is 1.10 bits per heavy atom. The third-order valence-corrected chi connectivity index (χ3v) is 4.25. The lowest BCUT2D eigenvalue weighted by Crippen LogP contribution is -2.46. The molecule has 3 amide bonds. The van der Waals surface area contributed by atoms with Gasteiger partial charge >= 0.3 is 0 Å². The van der Waals surface area contributed by atoms with Crippen molar-refractivity contribution in [3.8, 4) is 5.75 Å². The second kappa shape index (κ2) is 11.5. The van der Waals surface area contributed by atoms with E-state index in [1.54, 1.807) is 18.2 Å². The van der Waals surface area contributed by atoms with Gasteiger partial charge in [0.2, 0.25) is 5.91 Å². The van der Waals surface area contributed by atoms with Gasteiger partial charge < -0.3 is 10.1 Å². The molecule has 0 aliphatic carbocycles. The lowest BCUT2D eigenvalue weighted by molar-refractivity contribution is -0.384. The molecule has 11 heteroatoms. The summed E-state index contributed by atoms with van der Waals surface area (Å²) in [5.74, 6) is -1.05. The zero-order valence-corrected chi connectivity index (χ0v) is 17.4. The van der Waals surface area contributed by atoms with Gasteiger partial charge in [-0.25, -0.2) is 0 Å². The molecule has 0 heterocycles. The number of carbonyl (C=O) groups is 3. The van der Waals surface area contributed by atoms with Crippen LogP contribution in [0.4, 0.5) is 5.69 Å². The van der Waals surface area contributed by atoms with Crippen molar-refractivity contribution in [1.82, 2.24) is 16.2 Å². The van der Waals surface area contributed by atoms with Gasteiger partial charge in [-0.05, 0) is 43.2 Å². The molecule has 10 nitrogen and oxygen atoms in total.